The normalized spacial score (nSPS) is 11.0. The van der Waals surface area contributed by atoms with Crippen LogP contribution in [0, 0.1) is 10.1 Å². The molecule has 0 atom stereocenters. The summed E-state index contributed by atoms with van der Waals surface area (Å²) < 4.78 is 0. The number of aromatic hydroxyl groups is 1. The number of phenolic OH excluding ortho intramolecular Hbond substituents is 1. The minimum absolute atomic E-state index is 0.00956. The molecule has 0 unspecified atom stereocenters. The highest BCUT2D eigenvalue weighted by atomic mass is 16.6. The number of nitrogens with zero attached hydrogens (tertiary/aromatic N) is 2. The third-order valence-electron chi connectivity index (χ3n) is 2.95. The molecule has 7 heteroatoms. The van der Waals surface area contributed by atoms with E-state index < -0.39 is 10.8 Å². The van der Waals surface area contributed by atoms with Gasteiger partial charge in [-0.05, 0) is 48.9 Å². The number of hydrogen-bond donors (Lipinski definition) is 2. The Kier molecular flexibility index (Phi) is 4.47. The summed E-state index contributed by atoms with van der Waals surface area (Å²) in [5.74, 6) is -0.344. The third-order valence-corrected chi connectivity index (χ3v) is 2.95. The number of non-ortho nitro benzene ring substituents is 1. The molecule has 0 saturated heterocycles. The monoisotopic (exact) mass is 299 g/mol. The standard InChI is InChI=1S/C15H13N3O4/c1-10(11-2-6-13(7-3-11)18(21)22)16-17-15(20)12-4-8-14(19)9-5-12/h2-9,19H,1H3,(H,17,20)/b16-10+. The second kappa shape index (κ2) is 6.49. The van der Waals surface area contributed by atoms with Crippen molar-refractivity contribution in [2.75, 3.05) is 0 Å². The summed E-state index contributed by atoms with van der Waals surface area (Å²) >= 11 is 0. The Bertz CT molecular complexity index is 721. The summed E-state index contributed by atoms with van der Waals surface area (Å²) in [5.41, 5.74) is 3.92. The summed E-state index contributed by atoms with van der Waals surface area (Å²) in [6.45, 7) is 1.68. The van der Waals surface area contributed by atoms with Crippen molar-refractivity contribution < 1.29 is 14.8 Å². The van der Waals surface area contributed by atoms with Crippen molar-refractivity contribution in [2.45, 2.75) is 6.92 Å². The fraction of sp³-hybridized carbons (Fsp3) is 0.0667. The van der Waals surface area contributed by atoms with Gasteiger partial charge in [0.2, 0.25) is 0 Å². The Morgan fingerprint density at radius 1 is 1.09 bits per heavy atom. The van der Waals surface area contributed by atoms with Crippen LogP contribution in [0.1, 0.15) is 22.8 Å². The maximum absolute atomic E-state index is 11.8. The zero-order valence-electron chi connectivity index (χ0n) is 11.7. The van der Waals surface area contributed by atoms with Crippen molar-refractivity contribution in [3.8, 4) is 5.75 Å². The van der Waals surface area contributed by atoms with Gasteiger partial charge in [0, 0.05) is 17.7 Å². The molecule has 0 aromatic heterocycles. The lowest BCUT2D eigenvalue weighted by atomic mass is 10.1. The van der Waals surface area contributed by atoms with Crippen molar-refractivity contribution in [3.63, 3.8) is 0 Å². The quantitative estimate of drug-likeness (QED) is 0.514. The maximum atomic E-state index is 11.8. The SMILES string of the molecule is C/C(=N\NC(=O)c1ccc(O)cc1)c1ccc([N+](=O)[O-])cc1. The summed E-state index contributed by atoms with van der Waals surface area (Å²) in [4.78, 5) is 21.9. The van der Waals surface area contributed by atoms with E-state index in [1.165, 1.54) is 36.4 Å². The minimum Gasteiger partial charge on any atom is -0.508 e. The number of carbonyl (C=O) groups excluding carboxylic acids is 1. The molecule has 0 aliphatic rings. The topological polar surface area (TPSA) is 105 Å². The van der Waals surface area contributed by atoms with Crippen LogP contribution in [0.25, 0.3) is 0 Å². The van der Waals surface area contributed by atoms with Crippen LogP contribution in [0.5, 0.6) is 5.75 Å². The molecule has 22 heavy (non-hydrogen) atoms. The van der Waals surface area contributed by atoms with Gasteiger partial charge >= 0.3 is 0 Å². The number of nitrogens with one attached hydrogen (secondary N) is 1. The van der Waals surface area contributed by atoms with Crippen LogP contribution in [-0.2, 0) is 0 Å². The predicted molar refractivity (Wildman–Crippen MR) is 80.9 cm³/mol. The first-order chi connectivity index (χ1) is 10.5. The zero-order chi connectivity index (χ0) is 16.1. The molecule has 2 aromatic carbocycles. The number of nitro groups is 1. The molecular weight excluding hydrogens is 286 g/mol. The van der Waals surface area contributed by atoms with Crippen molar-refractivity contribution in [3.05, 3.63) is 69.8 Å². The first-order valence-electron chi connectivity index (χ1n) is 6.36. The van der Waals surface area contributed by atoms with E-state index in [4.69, 9.17) is 5.11 Å². The van der Waals surface area contributed by atoms with E-state index in [-0.39, 0.29) is 11.4 Å². The van der Waals surface area contributed by atoms with E-state index in [0.29, 0.717) is 16.8 Å². The number of hydrogen-bond acceptors (Lipinski definition) is 5. The van der Waals surface area contributed by atoms with Crippen LogP contribution in [0.4, 0.5) is 5.69 Å². The molecule has 1 amide bonds. The van der Waals surface area contributed by atoms with Gasteiger partial charge in [-0.2, -0.15) is 5.10 Å². The lowest BCUT2D eigenvalue weighted by molar-refractivity contribution is -0.384. The Hall–Kier alpha value is -3.22. The number of carbonyl (C=O) groups is 1. The van der Waals surface area contributed by atoms with Gasteiger partial charge in [-0.25, -0.2) is 5.43 Å². The first kappa shape index (κ1) is 15.2. The molecule has 0 aliphatic carbocycles. The minimum atomic E-state index is -0.483. The van der Waals surface area contributed by atoms with Crippen molar-refractivity contribution in [1.29, 1.82) is 0 Å². The number of rotatable bonds is 4. The number of phenols is 1. The lowest BCUT2D eigenvalue weighted by Crippen LogP contribution is -2.19. The molecule has 0 heterocycles. The number of nitro benzene ring substituents is 1. The highest BCUT2D eigenvalue weighted by Crippen LogP contribution is 2.13. The first-order valence-corrected chi connectivity index (χ1v) is 6.36. The predicted octanol–water partition coefficient (Wildman–Crippen LogP) is 2.45. The molecule has 0 spiro atoms. The molecule has 0 saturated carbocycles. The molecule has 0 aliphatic heterocycles. The van der Waals surface area contributed by atoms with Crippen LogP contribution in [-0.4, -0.2) is 21.6 Å². The number of hydrazone groups is 1. The molecule has 112 valence electrons. The molecule has 2 N–H and O–H groups in total. The van der Waals surface area contributed by atoms with Gasteiger partial charge in [-0.1, -0.05) is 0 Å². The fourth-order valence-corrected chi connectivity index (χ4v) is 1.70. The summed E-state index contributed by atoms with van der Waals surface area (Å²) in [7, 11) is 0. The maximum Gasteiger partial charge on any atom is 0.271 e. The van der Waals surface area contributed by atoms with E-state index in [2.05, 4.69) is 10.5 Å². The van der Waals surface area contributed by atoms with Gasteiger partial charge in [0.1, 0.15) is 5.75 Å². The molecule has 0 fully saturated rings. The van der Waals surface area contributed by atoms with E-state index in [0.717, 1.165) is 0 Å². The van der Waals surface area contributed by atoms with Crippen LogP contribution in [0.2, 0.25) is 0 Å². The van der Waals surface area contributed by atoms with Gasteiger partial charge in [0.25, 0.3) is 11.6 Å². The van der Waals surface area contributed by atoms with Gasteiger partial charge in [-0.3, -0.25) is 14.9 Å². The zero-order valence-corrected chi connectivity index (χ0v) is 11.7. The van der Waals surface area contributed by atoms with Gasteiger partial charge in [-0.15, -0.1) is 0 Å². The fourth-order valence-electron chi connectivity index (χ4n) is 1.70. The molecule has 0 bridgehead atoms. The second-order valence-corrected chi connectivity index (χ2v) is 4.49. The van der Waals surface area contributed by atoms with E-state index in [1.54, 1.807) is 19.1 Å². The van der Waals surface area contributed by atoms with Gasteiger partial charge in [0.15, 0.2) is 0 Å². The average molecular weight is 299 g/mol. The largest absolute Gasteiger partial charge is 0.508 e. The Labute approximate surface area is 126 Å². The highest BCUT2D eigenvalue weighted by Gasteiger charge is 2.07. The lowest BCUT2D eigenvalue weighted by Gasteiger charge is -2.03. The van der Waals surface area contributed by atoms with Crippen LogP contribution < -0.4 is 5.43 Å². The molecule has 7 nitrogen and oxygen atoms in total. The van der Waals surface area contributed by atoms with E-state index in [9.17, 15) is 14.9 Å². The number of amides is 1. The van der Waals surface area contributed by atoms with Crippen molar-refractivity contribution >= 4 is 17.3 Å². The summed E-state index contributed by atoms with van der Waals surface area (Å²) in [5, 5.41) is 23.7. The second-order valence-electron chi connectivity index (χ2n) is 4.49. The van der Waals surface area contributed by atoms with Crippen molar-refractivity contribution in [1.82, 2.24) is 5.43 Å². The van der Waals surface area contributed by atoms with Gasteiger partial charge < -0.3 is 5.11 Å². The van der Waals surface area contributed by atoms with Crippen LogP contribution >= 0.6 is 0 Å². The van der Waals surface area contributed by atoms with Gasteiger partial charge in [0.05, 0.1) is 10.6 Å². The molecule has 0 radical (unpaired) electrons. The van der Waals surface area contributed by atoms with E-state index in [1.807, 2.05) is 0 Å². The summed E-state index contributed by atoms with van der Waals surface area (Å²) in [6.07, 6.45) is 0. The summed E-state index contributed by atoms with van der Waals surface area (Å²) in [6, 6.07) is 11.6. The molecular formula is C15H13N3O4. The Morgan fingerprint density at radius 2 is 1.64 bits per heavy atom. The average Bonchev–Trinajstić information content (AvgIpc) is 2.53. The highest BCUT2D eigenvalue weighted by molar-refractivity contribution is 6.01. The van der Waals surface area contributed by atoms with Crippen LogP contribution in [0.15, 0.2) is 53.6 Å². The number of benzene rings is 2. The third kappa shape index (κ3) is 3.66. The van der Waals surface area contributed by atoms with Crippen LogP contribution in [0.3, 0.4) is 0 Å². The molecule has 2 aromatic rings. The van der Waals surface area contributed by atoms with Crippen molar-refractivity contribution in [2.24, 2.45) is 5.10 Å². The van der Waals surface area contributed by atoms with E-state index >= 15 is 0 Å². The smallest absolute Gasteiger partial charge is 0.271 e. The Balaban J connectivity index is 2.07. The Morgan fingerprint density at radius 3 is 2.18 bits per heavy atom. The molecule has 2 rings (SSSR count).